The summed E-state index contributed by atoms with van der Waals surface area (Å²) in [5.41, 5.74) is 4.24. The van der Waals surface area contributed by atoms with Gasteiger partial charge in [-0.2, -0.15) is 0 Å². The number of sulfonamides is 1. The molecule has 1 heterocycles. The molecular formula is C24H23N5O4S. The summed E-state index contributed by atoms with van der Waals surface area (Å²) in [7, 11) is -2.62. The van der Waals surface area contributed by atoms with E-state index in [2.05, 4.69) is 15.6 Å². The number of nitrogens with two attached hydrogens (primary N) is 1. The molecule has 0 aliphatic carbocycles. The first-order chi connectivity index (χ1) is 16.3. The van der Waals surface area contributed by atoms with Crippen LogP contribution in [0.25, 0.3) is 16.8 Å². The number of methoxy groups -OCH3 is 1. The maximum atomic E-state index is 12.7. The number of amides is 1. The van der Waals surface area contributed by atoms with Gasteiger partial charge in [-0.1, -0.05) is 53.7 Å². The summed E-state index contributed by atoms with van der Waals surface area (Å²) in [5, 5.41) is 16.2. The minimum absolute atomic E-state index is 0.0728. The Labute approximate surface area is 197 Å². The Balaban J connectivity index is 1.49. The summed E-state index contributed by atoms with van der Waals surface area (Å²) in [6, 6.07) is 22.3. The quantitative estimate of drug-likeness (QED) is 0.421. The Bertz CT molecular complexity index is 1430. The van der Waals surface area contributed by atoms with E-state index in [1.54, 1.807) is 17.7 Å². The zero-order valence-electron chi connectivity index (χ0n) is 18.6. The lowest BCUT2D eigenvalue weighted by molar-refractivity contribution is 0.0945. The van der Waals surface area contributed by atoms with Crippen LogP contribution in [0.15, 0.2) is 77.7 Å². The summed E-state index contributed by atoms with van der Waals surface area (Å²) in [5.74, 6) is -0.299. The van der Waals surface area contributed by atoms with Crippen LogP contribution in [-0.2, 0) is 16.6 Å². The van der Waals surface area contributed by atoms with Crippen molar-refractivity contribution in [1.29, 1.82) is 0 Å². The average molecular weight is 478 g/mol. The lowest BCUT2D eigenvalue weighted by atomic mass is 10.1. The molecule has 1 aromatic heterocycles. The van der Waals surface area contributed by atoms with E-state index in [9.17, 15) is 13.2 Å². The molecule has 4 aromatic rings. The molecule has 0 unspecified atom stereocenters. The fourth-order valence-corrected chi connectivity index (χ4v) is 4.28. The van der Waals surface area contributed by atoms with Gasteiger partial charge >= 0.3 is 0 Å². The monoisotopic (exact) mass is 477 g/mol. The number of nitrogens with one attached hydrogen (secondary N) is 1. The molecule has 174 valence electrons. The third kappa shape index (κ3) is 4.82. The molecule has 1 amide bonds. The van der Waals surface area contributed by atoms with Gasteiger partial charge in [0.1, 0.15) is 10.6 Å². The zero-order valence-corrected chi connectivity index (χ0v) is 19.4. The van der Waals surface area contributed by atoms with Crippen LogP contribution in [0.5, 0.6) is 5.75 Å². The summed E-state index contributed by atoms with van der Waals surface area (Å²) in [6.07, 6.45) is 0. The van der Waals surface area contributed by atoms with Gasteiger partial charge in [-0.05, 0) is 47.9 Å². The molecule has 0 atom stereocenters. The van der Waals surface area contributed by atoms with Crippen LogP contribution in [0, 0.1) is 6.92 Å². The van der Waals surface area contributed by atoms with E-state index in [-0.39, 0.29) is 22.9 Å². The van der Waals surface area contributed by atoms with Gasteiger partial charge in [0.25, 0.3) is 5.91 Å². The second kappa shape index (κ2) is 9.46. The van der Waals surface area contributed by atoms with E-state index in [1.165, 1.54) is 19.2 Å². The van der Waals surface area contributed by atoms with Crippen molar-refractivity contribution in [3.05, 3.63) is 89.7 Å². The van der Waals surface area contributed by atoms with Gasteiger partial charge in [0.05, 0.1) is 18.5 Å². The number of hydrogen-bond acceptors (Lipinski definition) is 6. The Morgan fingerprint density at radius 1 is 1.03 bits per heavy atom. The Morgan fingerprint density at radius 2 is 1.71 bits per heavy atom. The van der Waals surface area contributed by atoms with E-state index in [1.807, 2.05) is 54.6 Å². The van der Waals surface area contributed by atoms with Gasteiger partial charge in [0, 0.05) is 6.54 Å². The van der Waals surface area contributed by atoms with Crippen LogP contribution in [-0.4, -0.2) is 36.4 Å². The van der Waals surface area contributed by atoms with E-state index in [0.29, 0.717) is 11.3 Å². The molecule has 3 aromatic carbocycles. The first-order valence-corrected chi connectivity index (χ1v) is 11.9. The van der Waals surface area contributed by atoms with Crippen molar-refractivity contribution >= 4 is 15.9 Å². The number of hydrogen-bond donors (Lipinski definition) is 2. The number of carbonyl (C=O) groups is 1. The lowest BCUT2D eigenvalue weighted by Crippen LogP contribution is -2.24. The van der Waals surface area contributed by atoms with Crippen LogP contribution in [0.1, 0.15) is 21.7 Å². The smallest absolute Gasteiger partial charge is 0.274 e. The predicted molar refractivity (Wildman–Crippen MR) is 127 cm³/mol. The summed E-state index contributed by atoms with van der Waals surface area (Å²) >= 11 is 0. The molecule has 0 saturated carbocycles. The first-order valence-electron chi connectivity index (χ1n) is 10.3. The van der Waals surface area contributed by atoms with E-state index in [0.717, 1.165) is 16.8 Å². The van der Waals surface area contributed by atoms with Crippen molar-refractivity contribution in [3.8, 4) is 22.6 Å². The minimum atomic E-state index is -3.98. The molecule has 34 heavy (non-hydrogen) atoms. The maximum absolute atomic E-state index is 12.7. The van der Waals surface area contributed by atoms with Gasteiger partial charge < -0.3 is 10.1 Å². The highest BCUT2D eigenvalue weighted by atomic mass is 32.2. The van der Waals surface area contributed by atoms with Gasteiger partial charge in [-0.15, -0.1) is 5.10 Å². The zero-order chi connectivity index (χ0) is 24.3. The third-order valence-electron chi connectivity index (χ3n) is 5.32. The van der Waals surface area contributed by atoms with Gasteiger partial charge in [0.2, 0.25) is 10.0 Å². The standard InChI is InChI=1S/C24H23N5O4S/c1-16-23(24(30)26-15-17-8-13-21(33-2)22(14-17)34(25,31)32)27-28-29(16)20-11-9-19(10-12-20)18-6-4-3-5-7-18/h3-14H,15H2,1-2H3,(H,26,30)(H2,25,31,32). The summed E-state index contributed by atoms with van der Waals surface area (Å²) in [6.45, 7) is 1.83. The van der Waals surface area contributed by atoms with Gasteiger partial charge in [-0.25, -0.2) is 18.2 Å². The highest BCUT2D eigenvalue weighted by Gasteiger charge is 2.19. The van der Waals surface area contributed by atoms with Crippen LogP contribution in [0.2, 0.25) is 0 Å². The van der Waals surface area contributed by atoms with Crippen LogP contribution < -0.4 is 15.2 Å². The molecule has 0 radical (unpaired) electrons. The molecule has 10 heteroatoms. The number of nitrogens with zero attached hydrogens (tertiary/aromatic N) is 3. The lowest BCUT2D eigenvalue weighted by Gasteiger charge is -2.10. The molecule has 0 fully saturated rings. The van der Waals surface area contributed by atoms with E-state index >= 15 is 0 Å². The van der Waals surface area contributed by atoms with Crippen LogP contribution >= 0.6 is 0 Å². The molecule has 0 saturated heterocycles. The molecule has 3 N–H and O–H groups in total. The highest BCUT2D eigenvalue weighted by molar-refractivity contribution is 7.89. The third-order valence-corrected chi connectivity index (χ3v) is 6.25. The SMILES string of the molecule is COc1ccc(CNC(=O)c2nnn(-c3ccc(-c4ccccc4)cc3)c2C)cc1S(N)(=O)=O. The molecule has 0 spiro atoms. The number of aromatic nitrogens is 3. The van der Waals surface area contributed by atoms with Crippen LogP contribution in [0.4, 0.5) is 0 Å². The van der Waals surface area contributed by atoms with Gasteiger partial charge in [-0.3, -0.25) is 4.79 Å². The Kier molecular flexibility index (Phi) is 6.44. The largest absolute Gasteiger partial charge is 0.495 e. The molecule has 4 rings (SSSR count). The number of primary sulfonamides is 1. The fourth-order valence-electron chi connectivity index (χ4n) is 3.53. The molecule has 0 aliphatic rings. The summed E-state index contributed by atoms with van der Waals surface area (Å²) < 4.78 is 30.2. The van der Waals surface area contributed by atoms with Crippen molar-refractivity contribution in [3.63, 3.8) is 0 Å². The molecule has 0 bridgehead atoms. The second-order valence-corrected chi connectivity index (χ2v) is 9.09. The molecule has 0 aliphatic heterocycles. The van der Waals surface area contributed by atoms with Crippen molar-refractivity contribution in [2.24, 2.45) is 5.14 Å². The number of carbonyl (C=O) groups excluding carboxylic acids is 1. The van der Waals surface area contributed by atoms with E-state index in [4.69, 9.17) is 9.88 Å². The number of rotatable bonds is 7. The van der Waals surface area contributed by atoms with Crippen molar-refractivity contribution in [2.75, 3.05) is 7.11 Å². The van der Waals surface area contributed by atoms with Crippen molar-refractivity contribution in [2.45, 2.75) is 18.4 Å². The minimum Gasteiger partial charge on any atom is -0.495 e. The molecular weight excluding hydrogens is 454 g/mol. The summed E-state index contributed by atoms with van der Waals surface area (Å²) in [4.78, 5) is 12.6. The Hall–Kier alpha value is -4.02. The van der Waals surface area contributed by atoms with Crippen molar-refractivity contribution in [1.82, 2.24) is 20.3 Å². The second-order valence-electron chi connectivity index (χ2n) is 7.56. The van der Waals surface area contributed by atoms with Crippen LogP contribution in [0.3, 0.4) is 0 Å². The highest BCUT2D eigenvalue weighted by Crippen LogP contribution is 2.24. The first kappa shape index (κ1) is 23.1. The van der Waals surface area contributed by atoms with E-state index < -0.39 is 15.9 Å². The fraction of sp³-hybridized carbons (Fsp3) is 0.125. The molecule has 9 nitrogen and oxygen atoms in total. The normalized spacial score (nSPS) is 11.3. The Morgan fingerprint density at radius 3 is 2.35 bits per heavy atom. The van der Waals surface area contributed by atoms with Gasteiger partial charge in [0.15, 0.2) is 5.69 Å². The topological polar surface area (TPSA) is 129 Å². The number of benzene rings is 3. The predicted octanol–water partition coefficient (Wildman–Crippen LogP) is 2.83. The van der Waals surface area contributed by atoms with Crippen molar-refractivity contribution < 1.29 is 17.9 Å². The average Bonchev–Trinajstić information content (AvgIpc) is 3.23. The maximum Gasteiger partial charge on any atom is 0.274 e. The number of ether oxygens (including phenoxy) is 1.